The van der Waals surface area contributed by atoms with Crippen LogP contribution in [0.2, 0.25) is 0 Å². The molecule has 15 nitrogen and oxygen atoms in total. The van der Waals surface area contributed by atoms with Crippen molar-refractivity contribution in [1.82, 2.24) is 40.4 Å². The van der Waals surface area contributed by atoms with Crippen molar-refractivity contribution in [2.75, 3.05) is 40.5 Å². The van der Waals surface area contributed by atoms with Crippen molar-refractivity contribution in [3.05, 3.63) is 121 Å². The first kappa shape index (κ1) is 39.8. The number of carbonyl (C=O) groups excluding carboxylic acids is 4. The Morgan fingerprint density at radius 3 is 1.98 bits per heavy atom. The molecule has 0 bridgehead atoms. The first-order valence-electron chi connectivity index (χ1n) is 19.9. The largest absolute Gasteiger partial charge is 0.453 e. The van der Waals surface area contributed by atoms with Crippen LogP contribution in [-0.2, 0) is 23.8 Å². The number of amides is 4. The van der Waals surface area contributed by atoms with Crippen molar-refractivity contribution in [2.24, 2.45) is 0 Å². The molecule has 2 aliphatic heterocycles. The SMILES string of the molecule is COC(=O)NC(C)C(=O)N1CCOCC1c1ncc(-c2ccc3cc(-c4ccc(-c5cnc(C6CCCN6C(=O)C(NC(=O)OC)c6ccccc6)[nH]5)cc4)ccc3c2)[nH]1. The molecule has 15 heteroatoms. The molecule has 60 heavy (non-hydrogen) atoms. The summed E-state index contributed by atoms with van der Waals surface area (Å²) in [4.78, 5) is 70.8. The Morgan fingerprint density at radius 1 is 0.700 bits per heavy atom. The first-order chi connectivity index (χ1) is 29.2. The molecule has 0 spiro atoms. The van der Waals surface area contributed by atoms with E-state index in [9.17, 15) is 19.2 Å². The summed E-state index contributed by atoms with van der Waals surface area (Å²) in [6.07, 6.45) is 3.78. The number of hydrogen-bond donors (Lipinski definition) is 4. The highest BCUT2D eigenvalue weighted by molar-refractivity contribution is 5.91. The van der Waals surface area contributed by atoms with Crippen LogP contribution in [0, 0.1) is 0 Å². The fourth-order valence-electron chi connectivity index (χ4n) is 7.97. The lowest BCUT2D eigenvalue weighted by Gasteiger charge is -2.36. The molecule has 8 rings (SSSR count). The Labute approximate surface area is 346 Å². The molecule has 4 aromatic carbocycles. The van der Waals surface area contributed by atoms with Gasteiger partial charge in [0.05, 0.1) is 57.3 Å². The third kappa shape index (κ3) is 8.29. The molecular formula is C45H46N8O7. The van der Waals surface area contributed by atoms with Gasteiger partial charge in [-0.1, -0.05) is 78.9 Å². The molecule has 0 saturated carbocycles. The highest BCUT2D eigenvalue weighted by atomic mass is 16.5. The molecular weight excluding hydrogens is 765 g/mol. The monoisotopic (exact) mass is 810 g/mol. The summed E-state index contributed by atoms with van der Waals surface area (Å²) in [5, 5.41) is 7.40. The van der Waals surface area contributed by atoms with Crippen molar-refractivity contribution in [1.29, 1.82) is 0 Å². The van der Waals surface area contributed by atoms with E-state index in [1.807, 2.05) is 36.4 Å². The van der Waals surface area contributed by atoms with Crippen LogP contribution in [0.15, 0.2) is 103 Å². The number of ether oxygens (including phenoxy) is 3. The van der Waals surface area contributed by atoms with Crippen LogP contribution in [0.1, 0.15) is 55.1 Å². The fraction of sp³-hybridized carbons (Fsp3) is 0.289. The van der Waals surface area contributed by atoms with Gasteiger partial charge < -0.3 is 44.6 Å². The predicted molar refractivity (Wildman–Crippen MR) is 223 cm³/mol. The summed E-state index contributed by atoms with van der Waals surface area (Å²) < 4.78 is 15.2. The first-order valence-corrected chi connectivity index (χ1v) is 19.9. The number of aromatic nitrogens is 4. The van der Waals surface area contributed by atoms with Gasteiger partial charge in [0, 0.05) is 18.7 Å². The van der Waals surface area contributed by atoms with E-state index in [0.29, 0.717) is 36.9 Å². The number of carbonyl (C=O) groups is 4. The maximum Gasteiger partial charge on any atom is 0.407 e. The van der Waals surface area contributed by atoms with Gasteiger partial charge in [-0.2, -0.15) is 0 Å². The molecule has 4 atom stereocenters. The Hall–Kier alpha value is -7.00. The average molecular weight is 811 g/mol. The van der Waals surface area contributed by atoms with Crippen molar-refractivity contribution in [3.8, 4) is 33.6 Å². The summed E-state index contributed by atoms with van der Waals surface area (Å²) >= 11 is 0. The van der Waals surface area contributed by atoms with Crippen LogP contribution in [0.4, 0.5) is 9.59 Å². The second kappa shape index (κ2) is 17.5. The fourth-order valence-corrected chi connectivity index (χ4v) is 7.97. The maximum atomic E-state index is 13.9. The van der Waals surface area contributed by atoms with Crippen LogP contribution in [0.25, 0.3) is 44.4 Å². The molecule has 6 aromatic rings. The predicted octanol–water partition coefficient (Wildman–Crippen LogP) is 6.69. The number of morpholine rings is 1. The zero-order valence-corrected chi connectivity index (χ0v) is 33.5. The minimum atomic E-state index is -0.883. The standard InChI is InChI=1S/C45H46N8O7/c1-27(48-44(56)58-2)42(54)53-20-21-60-26-38(53)41-47-25-36(50-41)34-18-17-32-22-31(15-16-33(32)23-34)28-11-13-29(14-12-28)35-24-46-40(49-35)37-10-7-19-52(37)43(55)39(51-45(57)59-3)30-8-5-4-6-9-30/h4-6,8-9,11-18,22-25,27,37-39H,7,10,19-21,26H2,1-3H3,(H,46,49)(H,47,50)(H,48,56)(H,51,57). The number of methoxy groups -OCH3 is 2. The quantitative estimate of drug-likeness (QED) is 0.117. The second-order valence-electron chi connectivity index (χ2n) is 14.9. The van der Waals surface area contributed by atoms with Gasteiger partial charge in [0.15, 0.2) is 0 Å². The van der Waals surface area contributed by atoms with E-state index in [1.165, 1.54) is 14.2 Å². The van der Waals surface area contributed by atoms with Gasteiger partial charge >= 0.3 is 12.2 Å². The minimum absolute atomic E-state index is 0.215. The zero-order chi connectivity index (χ0) is 41.8. The number of fused-ring (bicyclic) bond motifs is 1. The van der Waals surface area contributed by atoms with Gasteiger partial charge in [-0.05, 0) is 64.9 Å². The number of benzene rings is 4. The summed E-state index contributed by atoms with van der Waals surface area (Å²) in [5.74, 6) is 0.842. The van der Waals surface area contributed by atoms with Gasteiger partial charge in [0.25, 0.3) is 5.91 Å². The molecule has 4 N–H and O–H groups in total. The Kier molecular flexibility index (Phi) is 11.6. The molecule has 0 aliphatic carbocycles. The van der Waals surface area contributed by atoms with E-state index >= 15 is 0 Å². The number of alkyl carbamates (subject to hydrolysis) is 2. The van der Waals surface area contributed by atoms with Crippen LogP contribution >= 0.6 is 0 Å². The Bertz CT molecular complexity index is 2500. The third-order valence-electron chi connectivity index (χ3n) is 11.2. The van der Waals surface area contributed by atoms with E-state index in [1.54, 1.807) is 29.1 Å². The molecule has 308 valence electrons. The Morgan fingerprint density at radius 2 is 1.28 bits per heavy atom. The molecule has 2 aromatic heterocycles. The lowest BCUT2D eigenvalue weighted by Crippen LogP contribution is -2.52. The lowest BCUT2D eigenvalue weighted by molar-refractivity contribution is -0.142. The normalized spacial score (nSPS) is 17.5. The average Bonchev–Trinajstić information content (AvgIpc) is 4.10. The smallest absolute Gasteiger partial charge is 0.407 e. The summed E-state index contributed by atoms with van der Waals surface area (Å²) in [6.45, 7) is 3.22. The van der Waals surface area contributed by atoms with Crippen molar-refractivity contribution in [2.45, 2.75) is 43.9 Å². The van der Waals surface area contributed by atoms with Gasteiger partial charge in [-0.3, -0.25) is 9.59 Å². The van der Waals surface area contributed by atoms with E-state index in [0.717, 1.165) is 57.3 Å². The number of H-pyrrole nitrogens is 2. The molecule has 2 saturated heterocycles. The van der Waals surface area contributed by atoms with E-state index < -0.39 is 30.3 Å². The number of imidazole rings is 2. The van der Waals surface area contributed by atoms with Gasteiger partial charge in [0.2, 0.25) is 5.91 Å². The Balaban J connectivity index is 0.945. The van der Waals surface area contributed by atoms with Gasteiger partial charge in [0.1, 0.15) is 29.8 Å². The second-order valence-corrected chi connectivity index (χ2v) is 14.9. The molecule has 4 amide bonds. The van der Waals surface area contributed by atoms with E-state index in [-0.39, 0.29) is 24.5 Å². The molecule has 4 unspecified atom stereocenters. The van der Waals surface area contributed by atoms with Crippen LogP contribution < -0.4 is 10.6 Å². The van der Waals surface area contributed by atoms with E-state index in [2.05, 4.69) is 84.9 Å². The minimum Gasteiger partial charge on any atom is -0.453 e. The number of rotatable bonds is 10. The summed E-state index contributed by atoms with van der Waals surface area (Å²) in [5.41, 5.74) is 6.38. The van der Waals surface area contributed by atoms with Crippen LogP contribution in [-0.4, -0.2) is 100 Å². The van der Waals surface area contributed by atoms with Crippen molar-refractivity contribution >= 4 is 34.8 Å². The van der Waals surface area contributed by atoms with Crippen LogP contribution in [0.3, 0.4) is 0 Å². The summed E-state index contributed by atoms with van der Waals surface area (Å²) in [6, 6.07) is 27.7. The highest BCUT2D eigenvalue weighted by Crippen LogP contribution is 2.35. The van der Waals surface area contributed by atoms with E-state index in [4.69, 9.17) is 14.5 Å². The van der Waals surface area contributed by atoms with Gasteiger partial charge in [-0.25, -0.2) is 19.6 Å². The lowest BCUT2D eigenvalue weighted by atomic mass is 9.98. The molecule has 4 heterocycles. The number of likely N-dealkylation sites (tertiary alicyclic amines) is 1. The topological polar surface area (TPSA) is 184 Å². The van der Waals surface area contributed by atoms with Crippen molar-refractivity contribution < 1.29 is 33.4 Å². The van der Waals surface area contributed by atoms with Crippen molar-refractivity contribution in [3.63, 3.8) is 0 Å². The molecule has 2 fully saturated rings. The van der Waals surface area contributed by atoms with Gasteiger partial charge in [-0.15, -0.1) is 0 Å². The number of nitrogens with zero attached hydrogens (tertiary/aromatic N) is 4. The third-order valence-corrected chi connectivity index (χ3v) is 11.2. The molecule has 0 radical (unpaired) electrons. The summed E-state index contributed by atoms with van der Waals surface area (Å²) in [7, 11) is 2.54. The number of nitrogens with one attached hydrogen (secondary N) is 4. The molecule has 2 aliphatic rings. The number of hydrogen-bond acceptors (Lipinski definition) is 9. The van der Waals surface area contributed by atoms with Crippen LogP contribution in [0.5, 0.6) is 0 Å². The highest BCUT2D eigenvalue weighted by Gasteiger charge is 2.37. The number of aromatic amines is 2. The maximum absolute atomic E-state index is 13.9. The zero-order valence-electron chi connectivity index (χ0n) is 33.5.